The van der Waals surface area contributed by atoms with Crippen LogP contribution < -0.4 is 4.74 Å². The van der Waals surface area contributed by atoms with Crippen LogP contribution in [0.25, 0.3) is 50.3 Å². The second-order valence-corrected chi connectivity index (χ2v) is 11.8. The fourth-order valence-corrected chi connectivity index (χ4v) is 5.84. The molecule has 44 heavy (non-hydrogen) atoms. The number of para-hydroxylation sites is 2. The van der Waals surface area contributed by atoms with Gasteiger partial charge in [-0.05, 0) is 66.3 Å². The summed E-state index contributed by atoms with van der Waals surface area (Å²) >= 11 is 0. The summed E-state index contributed by atoms with van der Waals surface area (Å²) in [5.41, 5.74) is 9.67. The number of fused-ring (bicyclic) bond motifs is 3. The number of furan rings is 1. The minimum Gasteiger partial charge on any atom is -0.439 e. The van der Waals surface area contributed by atoms with Gasteiger partial charge in [0.15, 0.2) is 0 Å². The van der Waals surface area contributed by atoms with E-state index in [2.05, 4.69) is 79.8 Å². The fraction of sp³-hybridized carbons (Fsp3) is 0.184. The van der Waals surface area contributed by atoms with Crippen molar-refractivity contribution in [3.8, 4) is 39.8 Å². The van der Waals surface area contributed by atoms with E-state index in [1.807, 2.05) is 67.8 Å². The quantitative estimate of drug-likeness (QED) is 0.188. The van der Waals surface area contributed by atoms with Crippen LogP contribution in [0.2, 0.25) is 0 Å². The number of rotatable bonds is 7. The summed E-state index contributed by atoms with van der Waals surface area (Å²) < 4.78 is 14.7. The van der Waals surface area contributed by atoms with Gasteiger partial charge in [-0.25, -0.2) is 15.0 Å². The third kappa shape index (κ3) is 5.02. The van der Waals surface area contributed by atoms with Gasteiger partial charge in [-0.3, -0.25) is 0 Å². The Labute approximate surface area is 257 Å². The maximum atomic E-state index is 6.29. The molecule has 0 unspecified atom stereocenters. The molecule has 0 atom stereocenters. The van der Waals surface area contributed by atoms with Crippen molar-refractivity contribution in [2.75, 3.05) is 0 Å². The highest BCUT2D eigenvalue weighted by molar-refractivity contribution is 6.08. The van der Waals surface area contributed by atoms with Gasteiger partial charge in [-0.2, -0.15) is 0 Å². The van der Waals surface area contributed by atoms with Crippen LogP contribution in [0.3, 0.4) is 0 Å². The molecule has 0 radical (unpaired) electrons. The third-order valence-electron chi connectivity index (χ3n) is 8.04. The summed E-state index contributed by atoms with van der Waals surface area (Å²) in [6, 6.07) is 30.5. The van der Waals surface area contributed by atoms with E-state index in [9.17, 15) is 0 Å². The molecule has 218 valence electrons. The highest BCUT2D eigenvalue weighted by Gasteiger charge is 2.17. The highest BCUT2D eigenvalue weighted by atomic mass is 16.5. The van der Waals surface area contributed by atoms with E-state index < -0.39 is 0 Å². The molecule has 0 aliphatic rings. The molecular formula is C38H34N4O2. The van der Waals surface area contributed by atoms with E-state index in [0.717, 1.165) is 44.6 Å². The molecular weight excluding hydrogens is 544 g/mol. The lowest BCUT2D eigenvalue weighted by molar-refractivity contribution is 0.464. The number of hydrogen-bond donors (Lipinski definition) is 0. The van der Waals surface area contributed by atoms with Crippen LogP contribution >= 0.6 is 0 Å². The van der Waals surface area contributed by atoms with Gasteiger partial charge >= 0.3 is 0 Å². The first kappa shape index (κ1) is 27.6. The molecule has 4 heterocycles. The Morgan fingerprint density at radius 3 is 2.27 bits per heavy atom. The van der Waals surface area contributed by atoms with Crippen LogP contribution in [-0.4, -0.2) is 19.5 Å². The molecule has 0 amide bonds. The van der Waals surface area contributed by atoms with Crippen LogP contribution in [0.1, 0.15) is 56.4 Å². The first-order valence-corrected chi connectivity index (χ1v) is 15.1. The van der Waals surface area contributed by atoms with E-state index in [1.54, 1.807) is 0 Å². The lowest BCUT2D eigenvalue weighted by Crippen LogP contribution is -2.05. The molecule has 3 aromatic carbocycles. The Balaban J connectivity index is 1.19. The van der Waals surface area contributed by atoms with E-state index in [0.29, 0.717) is 29.2 Å². The van der Waals surface area contributed by atoms with E-state index in [-0.39, 0.29) is 0 Å². The molecule has 0 aliphatic heterocycles. The Kier molecular flexibility index (Phi) is 6.97. The molecule has 0 spiro atoms. The molecule has 0 bridgehead atoms. The van der Waals surface area contributed by atoms with Gasteiger partial charge in [-0.15, -0.1) is 0 Å². The largest absolute Gasteiger partial charge is 0.439 e. The van der Waals surface area contributed by atoms with Gasteiger partial charge in [0.2, 0.25) is 11.6 Å². The maximum absolute atomic E-state index is 6.29. The summed E-state index contributed by atoms with van der Waals surface area (Å²) in [5.74, 6) is 1.98. The Morgan fingerprint density at radius 2 is 1.48 bits per heavy atom. The number of pyridine rings is 2. The highest BCUT2D eigenvalue weighted by Crippen LogP contribution is 2.36. The number of aryl methyl sites for hydroxylation is 1. The lowest BCUT2D eigenvalue weighted by atomic mass is 9.92. The molecule has 0 fully saturated rings. The normalized spacial score (nSPS) is 11.7. The van der Waals surface area contributed by atoms with Crippen molar-refractivity contribution in [1.82, 2.24) is 19.5 Å². The van der Waals surface area contributed by atoms with Crippen molar-refractivity contribution >= 4 is 22.1 Å². The number of imidazole rings is 1. The second-order valence-electron chi connectivity index (χ2n) is 11.8. The third-order valence-corrected chi connectivity index (χ3v) is 8.04. The van der Waals surface area contributed by atoms with Crippen LogP contribution in [0, 0.1) is 6.92 Å². The molecule has 0 saturated heterocycles. The fourth-order valence-electron chi connectivity index (χ4n) is 5.84. The molecule has 7 aromatic rings. The van der Waals surface area contributed by atoms with Crippen molar-refractivity contribution in [2.24, 2.45) is 0 Å². The molecule has 6 nitrogen and oxygen atoms in total. The van der Waals surface area contributed by atoms with Gasteiger partial charge in [0.1, 0.15) is 11.3 Å². The van der Waals surface area contributed by atoms with Crippen LogP contribution in [0.4, 0.5) is 0 Å². The minimum absolute atomic E-state index is 0.397. The zero-order valence-corrected chi connectivity index (χ0v) is 25.6. The Morgan fingerprint density at radius 1 is 0.727 bits per heavy atom. The second kappa shape index (κ2) is 11.1. The number of ether oxygens (including phenoxy) is 1. The van der Waals surface area contributed by atoms with Crippen LogP contribution in [0.15, 0.2) is 108 Å². The van der Waals surface area contributed by atoms with Crippen LogP contribution in [-0.2, 0) is 0 Å². The summed E-state index contributed by atoms with van der Waals surface area (Å²) in [5, 5.41) is 2.01. The molecule has 4 aromatic heterocycles. The first-order valence-electron chi connectivity index (χ1n) is 15.1. The van der Waals surface area contributed by atoms with Crippen molar-refractivity contribution in [3.63, 3.8) is 0 Å². The Hall–Kier alpha value is -5.23. The molecule has 6 heteroatoms. The predicted molar refractivity (Wildman–Crippen MR) is 177 cm³/mol. The smallest absolute Gasteiger partial charge is 0.227 e. The SMILES string of the molecule is Cc1ccc2c(n1)oc1c(-c3cccc(Oc4cccc(-c5cn(-c6c(C(C)C)cccc6C(C)C)cn5)c4)n3)cccc12. The summed E-state index contributed by atoms with van der Waals surface area (Å²) in [6.45, 7) is 10.9. The zero-order valence-electron chi connectivity index (χ0n) is 25.6. The van der Waals surface area contributed by atoms with E-state index in [4.69, 9.17) is 19.1 Å². The molecule has 0 aliphatic carbocycles. The number of aromatic nitrogens is 4. The summed E-state index contributed by atoms with van der Waals surface area (Å²) in [6.07, 6.45) is 4.02. The first-order chi connectivity index (χ1) is 21.4. The van der Waals surface area contributed by atoms with Gasteiger partial charge < -0.3 is 13.7 Å². The summed E-state index contributed by atoms with van der Waals surface area (Å²) in [4.78, 5) is 14.2. The maximum Gasteiger partial charge on any atom is 0.227 e. The van der Waals surface area contributed by atoms with Crippen LogP contribution in [0.5, 0.6) is 11.6 Å². The van der Waals surface area contributed by atoms with Crippen molar-refractivity contribution in [3.05, 3.63) is 120 Å². The van der Waals surface area contributed by atoms with Crippen molar-refractivity contribution in [2.45, 2.75) is 46.5 Å². The standard InChI is InChI=1S/C38H34N4O2/c1-23(2)28-12-7-13-29(24(3)4)36(28)42-21-34(39-22-42)26-10-6-11-27(20-26)43-35-17-9-16-33(41-35)32-15-8-14-30-31-19-18-25(5)40-38(31)44-37(30)32/h6-24H,1-5H3. The van der Waals surface area contributed by atoms with E-state index >= 15 is 0 Å². The Bertz CT molecular complexity index is 2110. The lowest BCUT2D eigenvalue weighted by Gasteiger charge is -2.20. The van der Waals surface area contributed by atoms with Crippen molar-refractivity contribution in [1.29, 1.82) is 0 Å². The van der Waals surface area contributed by atoms with Gasteiger partial charge in [0.05, 0.1) is 23.4 Å². The zero-order chi connectivity index (χ0) is 30.4. The predicted octanol–water partition coefficient (Wildman–Crippen LogP) is 10.2. The molecule has 0 N–H and O–H groups in total. The monoisotopic (exact) mass is 578 g/mol. The minimum atomic E-state index is 0.397. The number of benzene rings is 3. The van der Waals surface area contributed by atoms with Gasteiger partial charge in [0, 0.05) is 39.9 Å². The molecule has 7 rings (SSSR count). The van der Waals surface area contributed by atoms with Gasteiger partial charge in [-0.1, -0.05) is 76.2 Å². The summed E-state index contributed by atoms with van der Waals surface area (Å²) in [7, 11) is 0. The average Bonchev–Trinajstić information content (AvgIpc) is 3.66. The van der Waals surface area contributed by atoms with E-state index in [1.165, 1.54) is 16.8 Å². The number of hydrogen-bond acceptors (Lipinski definition) is 5. The average molecular weight is 579 g/mol. The van der Waals surface area contributed by atoms with Gasteiger partial charge in [0.25, 0.3) is 0 Å². The topological polar surface area (TPSA) is 66.0 Å². The number of nitrogens with zero attached hydrogens (tertiary/aromatic N) is 4. The van der Waals surface area contributed by atoms with Crippen molar-refractivity contribution < 1.29 is 9.15 Å². The molecule has 0 saturated carbocycles.